The zero-order chi connectivity index (χ0) is 11.1. The maximum absolute atomic E-state index is 9.14. The molecule has 1 N–H and O–H groups in total. The summed E-state index contributed by atoms with van der Waals surface area (Å²) in [7, 11) is 2.07. The van der Waals surface area contributed by atoms with Gasteiger partial charge in [0.15, 0.2) is 7.28 Å². The highest BCUT2D eigenvalue weighted by Gasteiger charge is 2.08. The molecule has 0 saturated carbocycles. The van der Waals surface area contributed by atoms with Crippen molar-refractivity contribution in [2.45, 2.75) is 33.0 Å². The quantitative estimate of drug-likeness (QED) is 0.703. The largest absolute Gasteiger partial charge is 0.396 e. The fourth-order valence-electron chi connectivity index (χ4n) is 1.57. The summed E-state index contributed by atoms with van der Waals surface area (Å²) >= 11 is 0. The molecule has 0 spiro atoms. The first kappa shape index (κ1) is 12.2. The Balaban J connectivity index is 2.41. The first-order valence-electron chi connectivity index (χ1n) is 5.50. The summed E-state index contributed by atoms with van der Waals surface area (Å²) in [4.78, 5) is 8.33. The molecule has 81 valence electrons. The van der Waals surface area contributed by atoms with Crippen LogP contribution in [0.2, 0.25) is 6.32 Å². The number of rotatable bonds is 6. The van der Waals surface area contributed by atoms with Gasteiger partial charge in [0, 0.05) is 12.8 Å². The van der Waals surface area contributed by atoms with Crippen LogP contribution in [0.15, 0.2) is 12.3 Å². The summed E-state index contributed by atoms with van der Waals surface area (Å²) < 4.78 is 0. The number of hydrogen-bond donors (Lipinski definition) is 1. The van der Waals surface area contributed by atoms with Crippen molar-refractivity contribution in [3.05, 3.63) is 18.1 Å². The molecule has 1 atom stereocenters. The number of nitrogens with zero attached hydrogens (tertiary/aromatic N) is 2. The number of aliphatic hydroxyl groups is 1. The second-order valence-corrected chi connectivity index (χ2v) is 3.81. The van der Waals surface area contributed by atoms with Crippen LogP contribution in [0.25, 0.3) is 0 Å². The molecule has 15 heavy (non-hydrogen) atoms. The molecule has 1 aromatic rings. The van der Waals surface area contributed by atoms with Gasteiger partial charge in [0.25, 0.3) is 0 Å². The van der Waals surface area contributed by atoms with E-state index in [1.165, 1.54) is 0 Å². The van der Waals surface area contributed by atoms with E-state index in [9.17, 15) is 0 Å². The van der Waals surface area contributed by atoms with Crippen molar-refractivity contribution in [1.82, 2.24) is 9.97 Å². The SMILES string of the molecule is CCCC(CO)C[B]c1ccnc(C)n1. The molecule has 3 nitrogen and oxygen atoms in total. The number of aryl methyl sites for hydroxylation is 1. The molecule has 0 aliphatic heterocycles. The Bertz CT molecular complexity index is 294. The molecule has 1 aromatic heterocycles. The van der Waals surface area contributed by atoms with Crippen LogP contribution in [0.4, 0.5) is 0 Å². The zero-order valence-electron chi connectivity index (χ0n) is 9.48. The minimum Gasteiger partial charge on any atom is -0.396 e. The molecule has 0 bridgehead atoms. The third-order valence-corrected chi connectivity index (χ3v) is 2.41. The van der Waals surface area contributed by atoms with Gasteiger partial charge in [-0.2, -0.15) is 0 Å². The third-order valence-electron chi connectivity index (χ3n) is 2.41. The van der Waals surface area contributed by atoms with E-state index in [0.29, 0.717) is 5.92 Å². The molecule has 0 fully saturated rings. The van der Waals surface area contributed by atoms with Gasteiger partial charge >= 0.3 is 0 Å². The Morgan fingerprint density at radius 1 is 1.53 bits per heavy atom. The van der Waals surface area contributed by atoms with E-state index in [4.69, 9.17) is 5.11 Å². The molecule has 0 aliphatic carbocycles. The highest BCUT2D eigenvalue weighted by atomic mass is 16.3. The highest BCUT2D eigenvalue weighted by Crippen LogP contribution is 2.09. The topological polar surface area (TPSA) is 46.0 Å². The van der Waals surface area contributed by atoms with Gasteiger partial charge in [-0.25, -0.2) is 9.97 Å². The molecule has 0 saturated heterocycles. The molecule has 0 amide bonds. The molecule has 0 aliphatic rings. The number of aliphatic hydroxyl groups excluding tert-OH is 1. The number of hydrogen-bond acceptors (Lipinski definition) is 3. The van der Waals surface area contributed by atoms with Crippen molar-refractivity contribution in [1.29, 1.82) is 0 Å². The van der Waals surface area contributed by atoms with Crippen LogP contribution in [0.1, 0.15) is 25.6 Å². The first-order valence-corrected chi connectivity index (χ1v) is 5.50. The van der Waals surface area contributed by atoms with Crippen LogP contribution in [-0.2, 0) is 0 Å². The first-order chi connectivity index (χ1) is 7.26. The van der Waals surface area contributed by atoms with Crippen LogP contribution in [-0.4, -0.2) is 29.0 Å². The van der Waals surface area contributed by atoms with Crippen LogP contribution in [0.5, 0.6) is 0 Å². The van der Waals surface area contributed by atoms with Crippen LogP contribution >= 0.6 is 0 Å². The Morgan fingerprint density at radius 3 is 2.93 bits per heavy atom. The zero-order valence-corrected chi connectivity index (χ0v) is 9.48. The van der Waals surface area contributed by atoms with Crippen molar-refractivity contribution in [2.24, 2.45) is 5.92 Å². The minimum atomic E-state index is 0.258. The molecule has 1 heterocycles. The van der Waals surface area contributed by atoms with Crippen molar-refractivity contribution in [2.75, 3.05) is 6.61 Å². The van der Waals surface area contributed by atoms with Crippen molar-refractivity contribution < 1.29 is 5.11 Å². The molecule has 4 heteroatoms. The lowest BCUT2D eigenvalue weighted by molar-refractivity contribution is 0.229. The van der Waals surface area contributed by atoms with Gasteiger partial charge in [0.05, 0.1) is 0 Å². The summed E-state index contributed by atoms with van der Waals surface area (Å²) in [6.45, 7) is 4.28. The van der Waals surface area contributed by atoms with E-state index in [1.54, 1.807) is 6.20 Å². The van der Waals surface area contributed by atoms with Crippen LogP contribution in [0, 0.1) is 12.8 Å². The molecule has 1 rings (SSSR count). The van der Waals surface area contributed by atoms with Crippen molar-refractivity contribution in [3.63, 3.8) is 0 Å². The van der Waals surface area contributed by atoms with Crippen molar-refractivity contribution >= 4 is 12.9 Å². The normalized spacial score (nSPS) is 12.5. The van der Waals surface area contributed by atoms with E-state index < -0.39 is 0 Å². The fraction of sp³-hybridized carbons (Fsp3) is 0.636. The van der Waals surface area contributed by atoms with E-state index in [-0.39, 0.29) is 6.61 Å². The Labute approximate surface area is 92.2 Å². The molecule has 1 unspecified atom stereocenters. The summed E-state index contributed by atoms with van der Waals surface area (Å²) in [5, 5.41) is 9.14. The fourth-order valence-corrected chi connectivity index (χ4v) is 1.57. The lowest BCUT2D eigenvalue weighted by atomic mass is 9.66. The summed E-state index contributed by atoms with van der Waals surface area (Å²) in [5.74, 6) is 1.16. The lowest BCUT2D eigenvalue weighted by Gasteiger charge is -2.11. The third kappa shape index (κ3) is 4.43. The van der Waals surface area contributed by atoms with E-state index >= 15 is 0 Å². The summed E-state index contributed by atoms with van der Waals surface area (Å²) in [6, 6.07) is 1.90. The van der Waals surface area contributed by atoms with E-state index in [0.717, 1.165) is 30.6 Å². The van der Waals surface area contributed by atoms with Gasteiger partial charge in [-0.15, -0.1) is 0 Å². The Hall–Kier alpha value is -0.895. The van der Waals surface area contributed by atoms with Gasteiger partial charge in [-0.1, -0.05) is 19.7 Å². The monoisotopic (exact) mass is 205 g/mol. The van der Waals surface area contributed by atoms with Gasteiger partial charge in [0.1, 0.15) is 5.82 Å². The van der Waals surface area contributed by atoms with E-state index in [2.05, 4.69) is 24.2 Å². The van der Waals surface area contributed by atoms with Crippen molar-refractivity contribution in [3.8, 4) is 0 Å². The Kier molecular flexibility index (Phi) is 5.33. The van der Waals surface area contributed by atoms with Crippen LogP contribution in [0.3, 0.4) is 0 Å². The molecular formula is C11H18BN2O. The summed E-state index contributed by atoms with van der Waals surface area (Å²) in [5.41, 5.74) is 0.956. The second kappa shape index (κ2) is 6.56. The summed E-state index contributed by atoms with van der Waals surface area (Å²) in [6.07, 6.45) is 4.83. The molecule has 0 aromatic carbocycles. The lowest BCUT2D eigenvalue weighted by Crippen LogP contribution is -2.22. The molecular weight excluding hydrogens is 187 g/mol. The van der Waals surface area contributed by atoms with Gasteiger partial charge < -0.3 is 5.11 Å². The minimum absolute atomic E-state index is 0.258. The maximum Gasteiger partial charge on any atom is 0.178 e. The highest BCUT2D eigenvalue weighted by molar-refractivity contribution is 6.52. The van der Waals surface area contributed by atoms with E-state index in [1.807, 2.05) is 13.0 Å². The maximum atomic E-state index is 9.14. The van der Waals surface area contributed by atoms with Gasteiger partial charge in [-0.3, -0.25) is 0 Å². The standard InChI is InChI=1S/C11H18BN2O/c1-3-4-10(8-15)7-12-11-5-6-13-9(2)14-11/h5-6,10,15H,3-4,7-8H2,1-2H3. The average molecular weight is 205 g/mol. The predicted molar refractivity (Wildman–Crippen MR) is 62.4 cm³/mol. The number of aromatic nitrogens is 2. The second-order valence-electron chi connectivity index (χ2n) is 3.81. The average Bonchev–Trinajstić information content (AvgIpc) is 2.24. The smallest absolute Gasteiger partial charge is 0.178 e. The Morgan fingerprint density at radius 2 is 2.33 bits per heavy atom. The predicted octanol–water partition coefficient (Wildman–Crippen LogP) is 0.941. The van der Waals surface area contributed by atoms with Crippen LogP contribution < -0.4 is 5.59 Å². The van der Waals surface area contributed by atoms with Gasteiger partial charge in [0.2, 0.25) is 0 Å². The molecule has 1 radical (unpaired) electrons. The van der Waals surface area contributed by atoms with Gasteiger partial charge in [-0.05, 0) is 30.9 Å².